The highest BCUT2D eigenvalue weighted by molar-refractivity contribution is 6.21. The monoisotopic (exact) mass is 278 g/mol. The van der Waals surface area contributed by atoms with Gasteiger partial charge < -0.3 is 5.11 Å². The largest absolute Gasteiger partial charge is 0.507 e. The van der Waals surface area contributed by atoms with Crippen molar-refractivity contribution in [1.82, 2.24) is 0 Å². The number of fused-ring (bicyclic) bond motifs is 3. The van der Waals surface area contributed by atoms with Crippen molar-refractivity contribution in [2.45, 2.75) is 13.8 Å². The van der Waals surface area contributed by atoms with E-state index in [2.05, 4.69) is 0 Å². The van der Waals surface area contributed by atoms with Gasteiger partial charge in [-0.1, -0.05) is 36.4 Å². The normalized spacial score (nSPS) is 11.0. The molecule has 104 valence electrons. The number of rotatable bonds is 2. The van der Waals surface area contributed by atoms with E-state index in [1.165, 1.54) is 13.8 Å². The van der Waals surface area contributed by atoms with Gasteiger partial charge in [-0.3, -0.25) is 9.59 Å². The number of phenols is 1. The molecule has 0 fully saturated rings. The maximum Gasteiger partial charge on any atom is 0.164 e. The molecule has 3 nitrogen and oxygen atoms in total. The van der Waals surface area contributed by atoms with Crippen LogP contribution in [-0.4, -0.2) is 16.7 Å². The molecule has 0 aliphatic heterocycles. The minimum atomic E-state index is -0.196. The van der Waals surface area contributed by atoms with Gasteiger partial charge in [0.2, 0.25) is 0 Å². The molecule has 0 spiro atoms. The summed E-state index contributed by atoms with van der Waals surface area (Å²) in [6, 6.07) is 12.5. The second kappa shape index (κ2) is 4.70. The maximum atomic E-state index is 11.9. The molecule has 0 saturated heterocycles. The molecule has 1 N–H and O–H groups in total. The van der Waals surface area contributed by atoms with E-state index in [1.807, 2.05) is 18.2 Å². The predicted molar refractivity (Wildman–Crippen MR) is 83.1 cm³/mol. The molecule has 21 heavy (non-hydrogen) atoms. The van der Waals surface area contributed by atoms with Gasteiger partial charge in [0, 0.05) is 10.9 Å². The standard InChI is InChI=1S/C18H14O3/c1-10(19)12-7-8-14-16(9-12)13-5-3-4-6-15(13)18(21)17(14)11(2)20/h3-9,21H,1-2H3. The van der Waals surface area contributed by atoms with Crippen molar-refractivity contribution in [3.05, 3.63) is 53.6 Å². The van der Waals surface area contributed by atoms with Gasteiger partial charge in [-0.05, 0) is 36.1 Å². The fourth-order valence-electron chi connectivity index (χ4n) is 2.75. The number of aromatic hydroxyl groups is 1. The molecule has 3 rings (SSSR count). The van der Waals surface area contributed by atoms with Gasteiger partial charge in [-0.15, -0.1) is 0 Å². The Morgan fingerprint density at radius 3 is 2.10 bits per heavy atom. The Labute approximate surface area is 121 Å². The van der Waals surface area contributed by atoms with Crippen molar-refractivity contribution in [3.8, 4) is 5.75 Å². The van der Waals surface area contributed by atoms with Crippen LogP contribution in [0.2, 0.25) is 0 Å². The van der Waals surface area contributed by atoms with E-state index < -0.39 is 0 Å². The van der Waals surface area contributed by atoms with Crippen molar-refractivity contribution in [1.29, 1.82) is 0 Å². The van der Waals surface area contributed by atoms with E-state index in [1.54, 1.807) is 24.3 Å². The van der Waals surface area contributed by atoms with Crippen molar-refractivity contribution >= 4 is 33.1 Å². The first-order valence-electron chi connectivity index (χ1n) is 6.70. The lowest BCUT2D eigenvalue weighted by Crippen LogP contribution is -1.98. The first-order valence-corrected chi connectivity index (χ1v) is 6.70. The van der Waals surface area contributed by atoms with Crippen LogP contribution in [0.25, 0.3) is 21.5 Å². The van der Waals surface area contributed by atoms with Crippen molar-refractivity contribution < 1.29 is 14.7 Å². The zero-order chi connectivity index (χ0) is 15.1. The molecule has 0 aliphatic carbocycles. The quantitative estimate of drug-likeness (QED) is 0.567. The van der Waals surface area contributed by atoms with Crippen LogP contribution in [0.15, 0.2) is 42.5 Å². The van der Waals surface area contributed by atoms with Crippen LogP contribution >= 0.6 is 0 Å². The molecule has 0 heterocycles. The average molecular weight is 278 g/mol. The Kier molecular flexibility index (Phi) is 2.98. The summed E-state index contributed by atoms with van der Waals surface area (Å²) in [7, 11) is 0. The molecule has 0 amide bonds. The van der Waals surface area contributed by atoms with Gasteiger partial charge in [0.05, 0.1) is 5.56 Å². The molecule has 3 aromatic carbocycles. The molecule has 0 unspecified atom stereocenters. The lowest BCUT2D eigenvalue weighted by atomic mass is 9.92. The van der Waals surface area contributed by atoms with Gasteiger partial charge in [0.25, 0.3) is 0 Å². The Morgan fingerprint density at radius 2 is 1.48 bits per heavy atom. The van der Waals surface area contributed by atoms with Crippen LogP contribution < -0.4 is 0 Å². The topological polar surface area (TPSA) is 54.4 Å². The summed E-state index contributed by atoms with van der Waals surface area (Å²) in [4.78, 5) is 23.5. The lowest BCUT2D eigenvalue weighted by Gasteiger charge is -2.12. The first kappa shape index (κ1) is 13.3. The maximum absolute atomic E-state index is 11.9. The number of benzene rings is 3. The highest BCUT2D eigenvalue weighted by atomic mass is 16.3. The third-order valence-electron chi connectivity index (χ3n) is 3.76. The molecule has 0 saturated carbocycles. The highest BCUT2D eigenvalue weighted by Gasteiger charge is 2.17. The third kappa shape index (κ3) is 1.98. The number of hydrogen-bond acceptors (Lipinski definition) is 3. The number of phenolic OH excluding ortho intramolecular Hbond substituents is 1. The smallest absolute Gasteiger partial charge is 0.164 e. The van der Waals surface area contributed by atoms with E-state index in [0.29, 0.717) is 21.9 Å². The molecule has 3 aromatic rings. The van der Waals surface area contributed by atoms with Gasteiger partial charge in [0.1, 0.15) is 5.75 Å². The average Bonchev–Trinajstić information content (AvgIpc) is 2.47. The highest BCUT2D eigenvalue weighted by Crippen LogP contribution is 2.37. The van der Waals surface area contributed by atoms with Gasteiger partial charge in [0.15, 0.2) is 11.6 Å². The second-order valence-corrected chi connectivity index (χ2v) is 5.14. The molecule has 0 radical (unpaired) electrons. The molecule has 0 aliphatic rings. The summed E-state index contributed by atoms with van der Waals surface area (Å²) in [6.45, 7) is 2.94. The minimum Gasteiger partial charge on any atom is -0.507 e. The Hall–Kier alpha value is -2.68. The zero-order valence-electron chi connectivity index (χ0n) is 11.8. The van der Waals surface area contributed by atoms with Crippen LogP contribution in [0.3, 0.4) is 0 Å². The lowest BCUT2D eigenvalue weighted by molar-refractivity contribution is 0.100. The molecular weight excluding hydrogens is 264 g/mol. The predicted octanol–water partition coefficient (Wildman–Crippen LogP) is 4.10. The van der Waals surface area contributed by atoms with E-state index in [-0.39, 0.29) is 17.3 Å². The fourth-order valence-corrected chi connectivity index (χ4v) is 2.75. The Morgan fingerprint density at radius 1 is 0.810 bits per heavy atom. The van der Waals surface area contributed by atoms with Crippen LogP contribution in [-0.2, 0) is 0 Å². The van der Waals surface area contributed by atoms with Gasteiger partial charge in [-0.2, -0.15) is 0 Å². The van der Waals surface area contributed by atoms with E-state index in [9.17, 15) is 14.7 Å². The summed E-state index contributed by atoms with van der Waals surface area (Å²) < 4.78 is 0. The van der Waals surface area contributed by atoms with Crippen molar-refractivity contribution in [2.24, 2.45) is 0 Å². The second-order valence-electron chi connectivity index (χ2n) is 5.14. The molecule has 3 heteroatoms. The number of carbonyl (C=O) groups excluding carboxylic acids is 2. The third-order valence-corrected chi connectivity index (χ3v) is 3.76. The van der Waals surface area contributed by atoms with Crippen LogP contribution in [0.1, 0.15) is 34.6 Å². The number of hydrogen-bond donors (Lipinski definition) is 1. The SMILES string of the molecule is CC(=O)c1ccc2c(C(C)=O)c(O)c3ccccc3c2c1. The van der Waals surface area contributed by atoms with E-state index in [0.717, 1.165) is 10.8 Å². The van der Waals surface area contributed by atoms with Gasteiger partial charge in [-0.25, -0.2) is 0 Å². The Balaban J connectivity index is 2.59. The zero-order valence-corrected chi connectivity index (χ0v) is 11.8. The van der Waals surface area contributed by atoms with Crippen LogP contribution in [0.5, 0.6) is 5.75 Å². The van der Waals surface area contributed by atoms with Crippen molar-refractivity contribution in [3.63, 3.8) is 0 Å². The summed E-state index contributed by atoms with van der Waals surface area (Å²) >= 11 is 0. The summed E-state index contributed by atoms with van der Waals surface area (Å²) in [5, 5.41) is 13.3. The molecular formula is C18H14O3. The number of ketones is 2. The van der Waals surface area contributed by atoms with Gasteiger partial charge >= 0.3 is 0 Å². The van der Waals surface area contributed by atoms with Crippen molar-refractivity contribution in [2.75, 3.05) is 0 Å². The number of Topliss-reactive ketones (excluding diaryl/α,β-unsaturated/α-hetero) is 2. The molecule has 0 atom stereocenters. The van der Waals surface area contributed by atoms with E-state index in [4.69, 9.17) is 0 Å². The van der Waals surface area contributed by atoms with Crippen LogP contribution in [0, 0.1) is 0 Å². The fraction of sp³-hybridized carbons (Fsp3) is 0.111. The first-order chi connectivity index (χ1) is 10.0. The van der Waals surface area contributed by atoms with E-state index >= 15 is 0 Å². The molecule has 0 bridgehead atoms. The van der Waals surface area contributed by atoms with Crippen LogP contribution in [0.4, 0.5) is 0 Å². The summed E-state index contributed by atoms with van der Waals surface area (Å²) in [5.41, 5.74) is 0.895. The number of carbonyl (C=O) groups is 2. The molecule has 0 aromatic heterocycles. The summed E-state index contributed by atoms with van der Waals surface area (Å²) in [5.74, 6) is -0.224. The minimum absolute atomic E-state index is 0.00109. The Bertz CT molecular complexity index is 907. The summed E-state index contributed by atoms with van der Waals surface area (Å²) in [6.07, 6.45) is 0.